The van der Waals surface area contributed by atoms with Gasteiger partial charge in [-0.3, -0.25) is 9.59 Å². The van der Waals surface area contributed by atoms with Gasteiger partial charge in [-0.1, -0.05) is 47.0 Å². The molecule has 0 saturated carbocycles. The van der Waals surface area contributed by atoms with Gasteiger partial charge in [-0.25, -0.2) is 4.98 Å². The van der Waals surface area contributed by atoms with Crippen LogP contribution in [0.25, 0.3) is 10.9 Å². The third-order valence-corrected chi connectivity index (χ3v) is 6.99. The summed E-state index contributed by atoms with van der Waals surface area (Å²) in [6, 6.07) is 15.9. The lowest BCUT2D eigenvalue weighted by atomic mass is 10.1. The minimum Gasteiger partial charge on any atom is -0.490 e. The summed E-state index contributed by atoms with van der Waals surface area (Å²) < 4.78 is 14.0. The molecule has 0 saturated heterocycles. The van der Waals surface area contributed by atoms with Crippen molar-refractivity contribution in [3.8, 4) is 11.5 Å². The summed E-state index contributed by atoms with van der Waals surface area (Å²) in [5.74, 6) is 1.16. The number of rotatable bonds is 13. The van der Waals surface area contributed by atoms with Crippen LogP contribution in [0.4, 0.5) is 5.69 Å². The second-order valence-electron chi connectivity index (χ2n) is 9.43. The van der Waals surface area contributed by atoms with E-state index in [0.717, 1.165) is 22.9 Å². The van der Waals surface area contributed by atoms with Gasteiger partial charge in [0.25, 0.3) is 11.5 Å². The first kappa shape index (κ1) is 31.0. The molecule has 0 radical (unpaired) electrons. The third-order valence-electron chi connectivity index (χ3n) is 6.25. The fraction of sp³-hybridized carbons (Fsp3) is 0.250. The van der Waals surface area contributed by atoms with E-state index < -0.39 is 0 Å². The quantitative estimate of drug-likeness (QED) is 0.122. The number of benzene rings is 3. The summed E-state index contributed by atoms with van der Waals surface area (Å²) in [5, 5.41) is 8.42. The number of hydrogen-bond acceptors (Lipinski definition) is 6. The van der Waals surface area contributed by atoms with E-state index in [-0.39, 0.29) is 18.1 Å². The van der Waals surface area contributed by atoms with E-state index in [4.69, 9.17) is 26.1 Å². The molecule has 3 aromatic carbocycles. The van der Waals surface area contributed by atoms with Crippen LogP contribution in [-0.2, 0) is 17.6 Å². The summed E-state index contributed by atoms with van der Waals surface area (Å²) in [4.78, 5) is 30.8. The van der Waals surface area contributed by atoms with Gasteiger partial charge in [-0.2, -0.15) is 9.78 Å². The highest BCUT2D eigenvalue weighted by atomic mass is 79.9. The Bertz CT molecular complexity index is 1670. The Kier molecular flexibility index (Phi) is 10.9. The van der Waals surface area contributed by atoms with E-state index in [1.165, 1.54) is 4.68 Å². The second-order valence-corrected chi connectivity index (χ2v) is 10.8. The van der Waals surface area contributed by atoms with Gasteiger partial charge in [0.05, 0.1) is 23.7 Å². The van der Waals surface area contributed by atoms with Crippen LogP contribution in [0.15, 0.2) is 81.6 Å². The Hall–Kier alpha value is -3.95. The molecule has 0 aliphatic heterocycles. The number of amides is 1. The number of anilines is 1. The Balaban J connectivity index is 1.66. The maximum Gasteiger partial charge on any atom is 0.282 e. The summed E-state index contributed by atoms with van der Waals surface area (Å²) in [6.07, 6.45) is 6.26. The van der Waals surface area contributed by atoms with E-state index in [2.05, 4.69) is 39.9 Å². The van der Waals surface area contributed by atoms with E-state index in [1.54, 1.807) is 48.7 Å². The van der Waals surface area contributed by atoms with Gasteiger partial charge in [0.2, 0.25) is 0 Å². The summed E-state index contributed by atoms with van der Waals surface area (Å²) >= 11 is 9.37. The Morgan fingerprint density at radius 1 is 1.14 bits per heavy atom. The van der Waals surface area contributed by atoms with Gasteiger partial charge in [-0.05, 0) is 79.9 Å². The molecule has 0 aliphatic carbocycles. The minimum atomic E-state index is -0.329. The normalized spacial score (nSPS) is 11.1. The highest BCUT2D eigenvalue weighted by molar-refractivity contribution is 9.10. The number of unbranched alkanes of at least 4 members (excludes halogenated alkanes) is 1. The predicted molar refractivity (Wildman–Crippen MR) is 172 cm³/mol. The van der Waals surface area contributed by atoms with Crippen LogP contribution >= 0.6 is 27.5 Å². The second kappa shape index (κ2) is 14.8. The molecule has 1 heterocycles. The number of allylic oxidation sites excluding steroid dienone is 1. The third kappa shape index (κ3) is 7.86. The van der Waals surface area contributed by atoms with Crippen molar-refractivity contribution < 1.29 is 14.3 Å². The molecule has 0 atom stereocenters. The summed E-state index contributed by atoms with van der Waals surface area (Å²) in [5.41, 5.74) is 2.45. The van der Waals surface area contributed by atoms with Crippen LogP contribution in [0.5, 0.6) is 11.5 Å². The molecule has 0 bridgehead atoms. The highest BCUT2D eigenvalue weighted by Gasteiger charge is 2.16. The van der Waals surface area contributed by atoms with Crippen LogP contribution < -0.4 is 20.3 Å². The monoisotopic (exact) mass is 650 g/mol. The molecule has 4 rings (SSSR count). The van der Waals surface area contributed by atoms with E-state index in [1.807, 2.05) is 25.1 Å². The minimum absolute atomic E-state index is 0.227. The molecule has 0 unspecified atom stereocenters. The van der Waals surface area contributed by atoms with Gasteiger partial charge >= 0.3 is 0 Å². The van der Waals surface area contributed by atoms with Crippen LogP contribution in [0.3, 0.4) is 0 Å². The maximum atomic E-state index is 13.5. The lowest BCUT2D eigenvalue weighted by molar-refractivity contribution is -0.118. The highest BCUT2D eigenvalue weighted by Crippen LogP contribution is 2.34. The van der Waals surface area contributed by atoms with Crippen LogP contribution in [-0.4, -0.2) is 35.0 Å². The fourth-order valence-electron chi connectivity index (χ4n) is 4.29. The molecule has 8 nitrogen and oxygen atoms in total. The van der Waals surface area contributed by atoms with Gasteiger partial charge < -0.3 is 14.8 Å². The number of fused-ring (bicyclic) bond motifs is 1. The number of ether oxygens (including phenoxy) is 2. The number of nitrogens with zero attached hydrogens (tertiary/aromatic N) is 3. The van der Waals surface area contributed by atoms with Crippen molar-refractivity contribution in [1.82, 2.24) is 9.66 Å². The van der Waals surface area contributed by atoms with Crippen molar-refractivity contribution in [2.45, 2.75) is 39.5 Å². The number of aryl methyl sites for hydroxylation is 1. The Labute approximate surface area is 258 Å². The number of halogens is 2. The first-order valence-electron chi connectivity index (χ1n) is 13.7. The molecule has 0 spiro atoms. The molecule has 0 fully saturated rings. The predicted octanol–water partition coefficient (Wildman–Crippen LogP) is 7.18. The summed E-state index contributed by atoms with van der Waals surface area (Å²) in [7, 11) is 0. The largest absolute Gasteiger partial charge is 0.490 e. The van der Waals surface area contributed by atoms with Crippen molar-refractivity contribution in [1.29, 1.82) is 0 Å². The number of nitrogens with one attached hydrogen (secondary N) is 1. The molecule has 4 aromatic rings. The lowest BCUT2D eigenvalue weighted by Gasteiger charge is -2.17. The standard InChI is InChI=1S/C32H32BrClN4O4/c1-4-7-9-29-37-27-15-10-23(33)18-26(27)32(40)38(29)35-19-21-16-22(8-5-2)31(28(17-21)41-6-3)42-20-30(39)36-25-13-11-24(34)12-14-25/h5,10-19H,2,4,6-9,20H2,1,3H3,(H,36,39). The Morgan fingerprint density at radius 3 is 2.64 bits per heavy atom. The van der Waals surface area contributed by atoms with Crippen LogP contribution in [0, 0.1) is 0 Å². The lowest BCUT2D eigenvalue weighted by Crippen LogP contribution is -2.22. The van der Waals surface area contributed by atoms with Crippen LogP contribution in [0.1, 0.15) is 43.6 Å². The molecular formula is C32H32BrClN4O4. The first-order chi connectivity index (χ1) is 20.3. The zero-order chi connectivity index (χ0) is 30.1. The molecule has 1 N–H and O–H groups in total. The smallest absolute Gasteiger partial charge is 0.282 e. The van der Waals surface area contributed by atoms with E-state index in [9.17, 15) is 9.59 Å². The molecule has 218 valence electrons. The summed E-state index contributed by atoms with van der Waals surface area (Å²) in [6.45, 7) is 7.97. The van der Waals surface area contributed by atoms with Crippen molar-refractivity contribution in [3.63, 3.8) is 0 Å². The van der Waals surface area contributed by atoms with E-state index >= 15 is 0 Å². The number of aromatic nitrogens is 2. The zero-order valence-corrected chi connectivity index (χ0v) is 25.9. The molecule has 42 heavy (non-hydrogen) atoms. The maximum absolute atomic E-state index is 13.5. The van der Waals surface area contributed by atoms with Crippen molar-refractivity contribution in [2.75, 3.05) is 18.5 Å². The fourth-order valence-corrected chi connectivity index (χ4v) is 4.78. The van der Waals surface area contributed by atoms with Crippen molar-refractivity contribution in [3.05, 3.63) is 104 Å². The van der Waals surface area contributed by atoms with Crippen molar-refractivity contribution in [2.24, 2.45) is 5.10 Å². The first-order valence-corrected chi connectivity index (χ1v) is 14.8. The average Bonchev–Trinajstić information content (AvgIpc) is 2.97. The molecule has 1 aromatic heterocycles. The zero-order valence-electron chi connectivity index (χ0n) is 23.5. The number of hydrogen-bond donors (Lipinski definition) is 1. The number of carbonyl (C=O) groups is 1. The van der Waals surface area contributed by atoms with Gasteiger partial charge in [-0.15, -0.1) is 6.58 Å². The molecular weight excluding hydrogens is 620 g/mol. The van der Waals surface area contributed by atoms with Crippen LogP contribution in [0.2, 0.25) is 5.02 Å². The average molecular weight is 652 g/mol. The van der Waals surface area contributed by atoms with Gasteiger partial charge in [0.1, 0.15) is 5.82 Å². The number of carbonyl (C=O) groups excluding carboxylic acids is 1. The van der Waals surface area contributed by atoms with Crippen molar-refractivity contribution >= 4 is 56.2 Å². The molecule has 0 aliphatic rings. The Morgan fingerprint density at radius 2 is 1.93 bits per heavy atom. The SMILES string of the molecule is C=CCc1cc(C=Nn2c(CCCC)nc3ccc(Br)cc3c2=O)cc(OCC)c1OCC(=O)Nc1ccc(Cl)cc1. The molecule has 1 amide bonds. The molecule has 10 heteroatoms. The van der Waals surface area contributed by atoms with E-state index in [0.29, 0.717) is 63.9 Å². The topological polar surface area (TPSA) is 94.8 Å². The van der Waals surface area contributed by atoms with Gasteiger partial charge in [0, 0.05) is 27.2 Å². The van der Waals surface area contributed by atoms with Gasteiger partial charge in [0.15, 0.2) is 18.1 Å².